The highest BCUT2D eigenvalue weighted by Crippen LogP contribution is 2.23. The summed E-state index contributed by atoms with van der Waals surface area (Å²) in [5, 5.41) is 9.13. The first kappa shape index (κ1) is 17.0. The van der Waals surface area contributed by atoms with Gasteiger partial charge in [0.15, 0.2) is 11.5 Å². The summed E-state index contributed by atoms with van der Waals surface area (Å²) >= 11 is 1.43. The fraction of sp³-hybridized carbons (Fsp3) is 0.0500. The Bertz CT molecular complexity index is 1010. The monoisotopic (exact) mass is 377 g/mol. The van der Waals surface area contributed by atoms with E-state index in [1.807, 2.05) is 60.0 Å². The molecule has 0 saturated carbocycles. The molecule has 7 heteroatoms. The Morgan fingerprint density at radius 1 is 1.11 bits per heavy atom. The molecule has 0 saturated heterocycles. The molecule has 0 unspecified atom stereocenters. The van der Waals surface area contributed by atoms with Gasteiger partial charge in [0.25, 0.3) is 11.1 Å². The lowest BCUT2D eigenvalue weighted by Gasteiger charge is -2.05. The fourth-order valence-corrected chi connectivity index (χ4v) is 2.93. The van der Waals surface area contributed by atoms with Crippen LogP contribution in [-0.2, 0) is 6.54 Å². The van der Waals surface area contributed by atoms with E-state index in [-0.39, 0.29) is 11.6 Å². The predicted octanol–water partition coefficient (Wildman–Crippen LogP) is 4.52. The van der Waals surface area contributed by atoms with E-state index in [4.69, 9.17) is 9.26 Å². The van der Waals surface area contributed by atoms with Crippen LogP contribution >= 0.6 is 11.3 Å². The van der Waals surface area contributed by atoms with E-state index in [0.29, 0.717) is 23.2 Å². The van der Waals surface area contributed by atoms with Crippen molar-refractivity contribution >= 4 is 17.2 Å². The van der Waals surface area contributed by atoms with Crippen LogP contribution in [-0.4, -0.2) is 16.0 Å². The molecule has 0 atom stereocenters. The summed E-state index contributed by atoms with van der Waals surface area (Å²) in [7, 11) is 0. The molecule has 6 nitrogen and oxygen atoms in total. The highest BCUT2D eigenvalue weighted by Gasteiger charge is 2.13. The summed E-state index contributed by atoms with van der Waals surface area (Å²) in [6.45, 7) is 0.379. The number of hydrogen-bond donors (Lipinski definition) is 1. The maximum Gasteiger partial charge on any atom is 0.278 e. The summed E-state index contributed by atoms with van der Waals surface area (Å²) in [5.41, 5.74) is 2.07. The van der Waals surface area contributed by atoms with Gasteiger partial charge in [0, 0.05) is 29.8 Å². The minimum absolute atomic E-state index is 0.248. The van der Waals surface area contributed by atoms with Gasteiger partial charge in [0.1, 0.15) is 5.75 Å². The van der Waals surface area contributed by atoms with Crippen LogP contribution < -0.4 is 10.1 Å². The number of hydrogen-bond acceptors (Lipinski definition) is 6. The number of carbonyl (C=O) groups is 1. The van der Waals surface area contributed by atoms with Crippen LogP contribution in [0.5, 0.6) is 10.9 Å². The van der Waals surface area contributed by atoms with Crippen molar-refractivity contribution in [2.45, 2.75) is 6.54 Å². The molecule has 0 aliphatic rings. The van der Waals surface area contributed by atoms with E-state index >= 15 is 0 Å². The van der Waals surface area contributed by atoms with Gasteiger partial charge in [-0.15, -0.1) is 0 Å². The summed E-state index contributed by atoms with van der Waals surface area (Å²) < 4.78 is 10.9. The highest BCUT2D eigenvalue weighted by molar-refractivity contribution is 7.11. The minimum atomic E-state index is -0.288. The molecule has 27 heavy (non-hydrogen) atoms. The van der Waals surface area contributed by atoms with Gasteiger partial charge in [-0.05, 0) is 17.7 Å². The van der Waals surface area contributed by atoms with Crippen LogP contribution in [0.2, 0.25) is 0 Å². The van der Waals surface area contributed by atoms with E-state index < -0.39 is 0 Å². The van der Waals surface area contributed by atoms with Crippen molar-refractivity contribution in [3.8, 4) is 22.3 Å². The summed E-state index contributed by atoms with van der Waals surface area (Å²) in [5.74, 6) is 0.970. The molecule has 0 radical (unpaired) electrons. The minimum Gasteiger partial charge on any atom is -0.431 e. The van der Waals surface area contributed by atoms with E-state index in [1.165, 1.54) is 11.3 Å². The van der Waals surface area contributed by atoms with E-state index in [9.17, 15) is 4.79 Å². The van der Waals surface area contributed by atoms with Crippen LogP contribution in [0.4, 0.5) is 0 Å². The summed E-state index contributed by atoms with van der Waals surface area (Å²) in [4.78, 5) is 16.4. The average molecular weight is 377 g/mol. The summed E-state index contributed by atoms with van der Waals surface area (Å²) in [6, 6.07) is 18.6. The number of ether oxygens (including phenoxy) is 1. The Hall–Kier alpha value is -3.45. The second-order valence-corrected chi connectivity index (χ2v) is 6.53. The lowest BCUT2D eigenvalue weighted by molar-refractivity contribution is 0.0942. The lowest BCUT2D eigenvalue weighted by atomic mass is 10.1. The largest absolute Gasteiger partial charge is 0.431 e. The third kappa shape index (κ3) is 4.21. The van der Waals surface area contributed by atoms with Gasteiger partial charge in [0.05, 0.1) is 0 Å². The van der Waals surface area contributed by atoms with Crippen molar-refractivity contribution in [1.29, 1.82) is 0 Å². The number of nitrogens with one attached hydrogen (secondary N) is 1. The Labute approximate surface area is 159 Å². The van der Waals surface area contributed by atoms with Crippen LogP contribution in [0.1, 0.15) is 16.1 Å². The second kappa shape index (κ2) is 7.84. The van der Waals surface area contributed by atoms with Crippen molar-refractivity contribution in [1.82, 2.24) is 15.5 Å². The number of aromatic nitrogens is 2. The van der Waals surface area contributed by atoms with Crippen LogP contribution in [0.15, 0.2) is 76.8 Å². The zero-order chi connectivity index (χ0) is 18.5. The second-order valence-electron chi connectivity index (χ2n) is 5.67. The molecule has 0 aliphatic heterocycles. The van der Waals surface area contributed by atoms with Gasteiger partial charge in [-0.1, -0.05) is 59.0 Å². The van der Waals surface area contributed by atoms with Gasteiger partial charge in [-0.2, -0.15) is 0 Å². The normalized spacial score (nSPS) is 10.5. The quantitative estimate of drug-likeness (QED) is 0.534. The smallest absolute Gasteiger partial charge is 0.278 e. The SMILES string of the molecule is O=C(NCc1ccc(Oc2nccs2)cc1)c1cc(-c2ccccc2)on1. The highest BCUT2D eigenvalue weighted by atomic mass is 32.1. The maximum atomic E-state index is 12.3. The standard InChI is InChI=1S/C20H15N3O3S/c24-19(17-12-18(26-23-17)15-4-2-1-3-5-15)22-13-14-6-8-16(9-7-14)25-20-21-10-11-27-20/h1-12H,13H2,(H,22,24). The van der Waals surface area contributed by atoms with Gasteiger partial charge < -0.3 is 14.6 Å². The Balaban J connectivity index is 1.34. The van der Waals surface area contributed by atoms with Crippen molar-refractivity contribution in [2.24, 2.45) is 0 Å². The number of amides is 1. The Kier molecular flexibility index (Phi) is 4.93. The van der Waals surface area contributed by atoms with E-state index in [1.54, 1.807) is 12.3 Å². The van der Waals surface area contributed by atoms with Crippen molar-refractivity contribution in [2.75, 3.05) is 0 Å². The molecule has 2 heterocycles. The number of carbonyl (C=O) groups excluding carboxylic acids is 1. The maximum absolute atomic E-state index is 12.3. The van der Waals surface area contributed by atoms with Crippen LogP contribution in [0.3, 0.4) is 0 Å². The Morgan fingerprint density at radius 3 is 2.67 bits per heavy atom. The first-order valence-electron chi connectivity index (χ1n) is 8.24. The zero-order valence-corrected chi connectivity index (χ0v) is 15.0. The first-order valence-corrected chi connectivity index (χ1v) is 9.12. The number of nitrogens with zero attached hydrogens (tertiary/aromatic N) is 2. The number of thiazole rings is 1. The van der Waals surface area contributed by atoms with Gasteiger partial charge in [0.2, 0.25) is 0 Å². The third-order valence-corrected chi connectivity index (χ3v) is 4.44. The molecule has 134 valence electrons. The number of benzene rings is 2. The summed E-state index contributed by atoms with van der Waals surface area (Å²) in [6.07, 6.45) is 1.69. The zero-order valence-electron chi connectivity index (χ0n) is 14.2. The predicted molar refractivity (Wildman–Crippen MR) is 102 cm³/mol. The van der Waals surface area contributed by atoms with E-state index in [0.717, 1.165) is 11.1 Å². The molecule has 1 amide bonds. The van der Waals surface area contributed by atoms with Gasteiger partial charge >= 0.3 is 0 Å². The van der Waals surface area contributed by atoms with Gasteiger partial charge in [-0.3, -0.25) is 4.79 Å². The molecule has 2 aromatic carbocycles. The molecule has 0 aliphatic carbocycles. The van der Waals surface area contributed by atoms with Crippen molar-refractivity contribution < 1.29 is 14.1 Å². The van der Waals surface area contributed by atoms with Crippen LogP contribution in [0.25, 0.3) is 11.3 Å². The molecule has 0 bridgehead atoms. The molecule has 4 rings (SSSR count). The molecular weight excluding hydrogens is 362 g/mol. The van der Waals surface area contributed by atoms with Crippen molar-refractivity contribution in [3.63, 3.8) is 0 Å². The molecular formula is C20H15N3O3S. The topological polar surface area (TPSA) is 77.2 Å². The van der Waals surface area contributed by atoms with Crippen molar-refractivity contribution in [3.05, 3.63) is 83.5 Å². The molecule has 0 fully saturated rings. The fourth-order valence-electron chi connectivity index (χ4n) is 2.43. The molecule has 4 aromatic rings. The van der Waals surface area contributed by atoms with E-state index in [2.05, 4.69) is 15.5 Å². The lowest BCUT2D eigenvalue weighted by Crippen LogP contribution is -2.22. The molecule has 0 spiro atoms. The average Bonchev–Trinajstić information content (AvgIpc) is 3.40. The van der Waals surface area contributed by atoms with Gasteiger partial charge in [-0.25, -0.2) is 4.98 Å². The molecule has 2 aromatic heterocycles. The third-order valence-electron chi connectivity index (χ3n) is 3.79. The first-order chi connectivity index (χ1) is 13.3. The molecule has 1 N–H and O–H groups in total. The number of rotatable bonds is 6. The van der Waals surface area contributed by atoms with Crippen LogP contribution in [0, 0.1) is 0 Å². The Morgan fingerprint density at radius 2 is 1.93 bits per heavy atom.